The normalized spacial score (nSPS) is 31.9. The lowest BCUT2D eigenvalue weighted by Crippen LogP contribution is -2.60. The zero-order valence-corrected chi connectivity index (χ0v) is 9.38. The molecule has 1 unspecified atom stereocenters. The Kier molecular flexibility index (Phi) is 2.65. The summed E-state index contributed by atoms with van der Waals surface area (Å²) in [5, 5.41) is 0. The average Bonchev–Trinajstić information content (AvgIpc) is 2.52. The van der Waals surface area contributed by atoms with Gasteiger partial charge in [0.05, 0.1) is 6.04 Å². The molecule has 1 saturated carbocycles. The summed E-state index contributed by atoms with van der Waals surface area (Å²) < 4.78 is 0. The van der Waals surface area contributed by atoms with Gasteiger partial charge in [0.1, 0.15) is 5.78 Å². The Morgan fingerprint density at radius 2 is 2.00 bits per heavy atom. The topological polar surface area (TPSA) is 20.3 Å². The Morgan fingerprint density at radius 3 is 2.43 bits per heavy atom. The number of rotatable bonds is 3. The van der Waals surface area contributed by atoms with Crippen LogP contribution in [0.2, 0.25) is 0 Å². The Morgan fingerprint density at radius 1 is 1.36 bits per heavy atom. The molecule has 1 aliphatic carbocycles. The van der Waals surface area contributed by atoms with Gasteiger partial charge in [-0.05, 0) is 31.1 Å². The predicted molar refractivity (Wildman–Crippen MR) is 57.2 cm³/mol. The van der Waals surface area contributed by atoms with Gasteiger partial charge in [0.2, 0.25) is 0 Å². The van der Waals surface area contributed by atoms with E-state index in [9.17, 15) is 4.79 Å². The minimum atomic E-state index is 0.293. The fourth-order valence-electron chi connectivity index (χ4n) is 2.92. The van der Waals surface area contributed by atoms with Crippen LogP contribution in [0.25, 0.3) is 0 Å². The summed E-state index contributed by atoms with van der Waals surface area (Å²) in [6.07, 6.45) is 5.59. The van der Waals surface area contributed by atoms with Gasteiger partial charge < -0.3 is 0 Å². The van der Waals surface area contributed by atoms with Crippen molar-refractivity contribution in [2.75, 3.05) is 13.1 Å². The maximum atomic E-state index is 11.6. The van der Waals surface area contributed by atoms with Gasteiger partial charge in [-0.15, -0.1) is 0 Å². The highest BCUT2D eigenvalue weighted by Gasteiger charge is 2.45. The molecule has 1 atom stereocenters. The van der Waals surface area contributed by atoms with Crippen LogP contribution in [0.4, 0.5) is 0 Å². The Balaban J connectivity index is 1.90. The smallest absolute Gasteiger partial charge is 0.149 e. The third kappa shape index (κ3) is 1.50. The van der Waals surface area contributed by atoms with Gasteiger partial charge in [-0.25, -0.2) is 0 Å². The highest BCUT2D eigenvalue weighted by Crippen LogP contribution is 2.40. The van der Waals surface area contributed by atoms with Gasteiger partial charge in [0.25, 0.3) is 0 Å². The van der Waals surface area contributed by atoms with E-state index < -0.39 is 0 Å². The molecule has 2 nitrogen and oxygen atoms in total. The number of carbonyl (C=O) groups is 1. The number of hydrogen-bond donors (Lipinski definition) is 0. The van der Waals surface area contributed by atoms with Crippen molar-refractivity contribution in [3.8, 4) is 0 Å². The molecule has 0 spiro atoms. The SMILES string of the molecule is CCC1(CC)CN(C2CCCC2=O)C1. The van der Waals surface area contributed by atoms with Crippen LogP contribution in [0.15, 0.2) is 0 Å². The van der Waals surface area contributed by atoms with E-state index in [2.05, 4.69) is 18.7 Å². The molecule has 0 aromatic rings. The summed E-state index contributed by atoms with van der Waals surface area (Å²) in [5.74, 6) is 0.491. The van der Waals surface area contributed by atoms with Gasteiger partial charge >= 0.3 is 0 Å². The van der Waals surface area contributed by atoms with E-state index in [4.69, 9.17) is 0 Å². The monoisotopic (exact) mass is 195 g/mol. The second-order valence-corrected chi connectivity index (χ2v) is 4.99. The van der Waals surface area contributed by atoms with E-state index in [-0.39, 0.29) is 0 Å². The molecule has 2 rings (SSSR count). The van der Waals surface area contributed by atoms with Gasteiger partial charge in [-0.2, -0.15) is 0 Å². The first-order valence-electron chi connectivity index (χ1n) is 5.97. The summed E-state index contributed by atoms with van der Waals surface area (Å²) in [5.41, 5.74) is 0.545. The summed E-state index contributed by atoms with van der Waals surface area (Å²) in [6.45, 7) is 6.88. The van der Waals surface area contributed by atoms with Crippen molar-refractivity contribution in [1.29, 1.82) is 0 Å². The quantitative estimate of drug-likeness (QED) is 0.688. The van der Waals surface area contributed by atoms with E-state index in [1.807, 2.05) is 0 Å². The van der Waals surface area contributed by atoms with Crippen molar-refractivity contribution in [3.63, 3.8) is 0 Å². The van der Waals surface area contributed by atoms with Crippen LogP contribution in [0.1, 0.15) is 46.0 Å². The van der Waals surface area contributed by atoms with Gasteiger partial charge in [0, 0.05) is 19.5 Å². The molecule has 14 heavy (non-hydrogen) atoms. The van der Waals surface area contributed by atoms with E-state index in [1.165, 1.54) is 12.8 Å². The fourth-order valence-corrected chi connectivity index (χ4v) is 2.92. The van der Waals surface area contributed by atoms with Crippen molar-refractivity contribution < 1.29 is 4.79 Å². The number of Topliss-reactive ketones (excluding diaryl/α,β-unsaturated/α-hetero) is 1. The van der Waals surface area contributed by atoms with Crippen LogP contribution in [0.3, 0.4) is 0 Å². The second kappa shape index (κ2) is 3.65. The highest BCUT2D eigenvalue weighted by molar-refractivity contribution is 5.86. The first kappa shape index (κ1) is 10.2. The number of carbonyl (C=O) groups excluding carboxylic acids is 1. The summed E-state index contributed by atoms with van der Waals surface area (Å²) in [7, 11) is 0. The molecular weight excluding hydrogens is 174 g/mol. The molecule has 0 radical (unpaired) electrons. The molecule has 2 fully saturated rings. The van der Waals surface area contributed by atoms with Crippen molar-refractivity contribution in [2.24, 2.45) is 5.41 Å². The van der Waals surface area contributed by atoms with Crippen molar-refractivity contribution >= 4 is 5.78 Å². The molecule has 1 aliphatic heterocycles. The van der Waals surface area contributed by atoms with Gasteiger partial charge in [0.15, 0.2) is 0 Å². The number of hydrogen-bond acceptors (Lipinski definition) is 2. The van der Waals surface area contributed by atoms with Crippen LogP contribution in [0.5, 0.6) is 0 Å². The van der Waals surface area contributed by atoms with Crippen LogP contribution in [-0.2, 0) is 4.79 Å². The van der Waals surface area contributed by atoms with Crippen LogP contribution in [0, 0.1) is 5.41 Å². The lowest BCUT2D eigenvalue weighted by molar-refractivity contribution is -0.127. The van der Waals surface area contributed by atoms with Crippen molar-refractivity contribution in [1.82, 2.24) is 4.90 Å². The zero-order valence-electron chi connectivity index (χ0n) is 9.38. The lowest BCUT2D eigenvalue weighted by atomic mass is 9.74. The predicted octanol–water partition coefficient (Wildman–Crippen LogP) is 2.23. The Labute approximate surface area is 86.7 Å². The van der Waals surface area contributed by atoms with Crippen LogP contribution < -0.4 is 0 Å². The molecule has 1 heterocycles. The fraction of sp³-hybridized carbons (Fsp3) is 0.917. The first-order valence-corrected chi connectivity index (χ1v) is 5.97. The second-order valence-electron chi connectivity index (χ2n) is 4.99. The zero-order chi connectivity index (χ0) is 10.2. The van der Waals surface area contributed by atoms with Crippen LogP contribution in [-0.4, -0.2) is 29.8 Å². The summed E-state index contributed by atoms with van der Waals surface area (Å²) >= 11 is 0. The molecule has 80 valence electrons. The molecule has 1 saturated heterocycles. The maximum absolute atomic E-state index is 11.6. The van der Waals surface area contributed by atoms with E-state index in [0.717, 1.165) is 32.4 Å². The summed E-state index contributed by atoms with van der Waals surface area (Å²) in [4.78, 5) is 14.0. The molecule has 2 aliphatic rings. The van der Waals surface area contributed by atoms with Gasteiger partial charge in [-0.3, -0.25) is 9.69 Å². The first-order chi connectivity index (χ1) is 6.71. The minimum absolute atomic E-state index is 0.293. The maximum Gasteiger partial charge on any atom is 0.149 e. The largest absolute Gasteiger partial charge is 0.298 e. The molecular formula is C12H21NO. The highest BCUT2D eigenvalue weighted by atomic mass is 16.1. The van der Waals surface area contributed by atoms with E-state index >= 15 is 0 Å². The molecule has 0 N–H and O–H groups in total. The van der Waals surface area contributed by atoms with Crippen molar-refractivity contribution in [3.05, 3.63) is 0 Å². The van der Waals surface area contributed by atoms with E-state index in [0.29, 0.717) is 17.2 Å². The van der Waals surface area contributed by atoms with Gasteiger partial charge in [-0.1, -0.05) is 13.8 Å². The Hall–Kier alpha value is -0.370. The number of ketones is 1. The number of nitrogens with zero attached hydrogens (tertiary/aromatic N) is 1. The molecule has 0 aromatic heterocycles. The lowest BCUT2D eigenvalue weighted by Gasteiger charge is -2.52. The molecule has 0 aromatic carbocycles. The summed E-state index contributed by atoms with van der Waals surface area (Å²) in [6, 6.07) is 0.293. The Bertz CT molecular complexity index is 224. The molecule has 2 heteroatoms. The minimum Gasteiger partial charge on any atom is -0.298 e. The van der Waals surface area contributed by atoms with Crippen LogP contribution >= 0.6 is 0 Å². The average molecular weight is 195 g/mol. The van der Waals surface area contributed by atoms with E-state index in [1.54, 1.807) is 0 Å². The molecule has 0 amide bonds. The standard InChI is InChI=1S/C12H21NO/c1-3-12(4-2)8-13(9-12)10-6-5-7-11(10)14/h10H,3-9H2,1-2H3. The molecule has 0 bridgehead atoms. The van der Waals surface area contributed by atoms with Crippen molar-refractivity contribution in [2.45, 2.75) is 52.0 Å². The third-order valence-electron chi connectivity index (χ3n) is 4.29. The third-order valence-corrected chi connectivity index (χ3v) is 4.29. The number of likely N-dealkylation sites (tertiary alicyclic amines) is 1.